The van der Waals surface area contributed by atoms with E-state index in [9.17, 15) is 10.1 Å². The summed E-state index contributed by atoms with van der Waals surface area (Å²) in [6, 6.07) is 10.9. The maximum atomic E-state index is 13.0. The zero-order valence-corrected chi connectivity index (χ0v) is 26.4. The highest BCUT2D eigenvalue weighted by molar-refractivity contribution is 7.99. The molecule has 1 unspecified atom stereocenters. The van der Waals surface area contributed by atoms with E-state index < -0.39 is 0 Å². The normalized spacial score (nSPS) is 15.1. The van der Waals surface area contributed by atoms with Crippen molar-refractivity contribution in [1.29, 1.82) is 5.26 Å². The molecule has 3 heterocycles. The Morgan fingerprint density at radius 3 is 2.65 bits per heavy atom. The first-order valence-electron chi connectivity index (χ1n) is 13.7. The van der Waals surface area contributed by atoms with Crippen LogP contribution >= 0.6 is 34.4 Å². The Hall–Kier alpha value is -2.93. The van der Waals surface area contributed by atoms with Crippen molar-refractivity contribution in [1.82, 2.24) is 14.8 Å². The minimum atomic E-state index is -0.133. The van der Waals surface area contributed by atoms with E-state index in [0.717, 1.165) is 36.2 Å². The molecule has 0 saturated carbocycles. The number of nitrogens with zero attached hydrogens (tertiary/aromatic N) is 4. The summed E-state index contributed by atoms with van der Waals surface area (Å²) < 4.78 is 2.08. The number of benzene rings is 1. The zero-order chi connectivity index (χ0) is 28.6. The first-order valence-corrected chi connectivity index (χ1v) is 16.3. The number of carbonyl (C=O) groups excluding carboxylic acids is 1. The Labute approximate surface area is 248 Å². The van der Waals surface area contributed by atoms with Crippen LogP contribution in [0.25, 0.3) is 22.5 Å². The lowest BCUT2D eigenvalue weighted by atomic mass is 9.72. The molecule has 1 amide bonds. The molecular weight excluding hydrogens is 555 g/mol. The van der Waals surface area contributed by atoms with Crippen molar-refractivity contribution in [3.05, 3.63) is 56.1 Å². The molecule has 0 fully saturated rings. The molecule has 4 aromatic rings. The molecule has 0 radical (unpaired) electrons. The number of fused-ring (bicyclic) bond motifs is 1. The molecule has 1 aliphatic rings. The van der Waals surface area contributed by atoms with Gasteiger partial charge in [-0.25, -0.2) is 0 Å². The Kier molecular flexibility index (Phi) is 8.23. The third-order valence-corrected chi connectivity index (χ3v) is 10.8. The van der Waals surface area contributed by atoms with Crippen LogP contribution in [0.1, 0.15) is 60.6 Å². The van der Waals surface area contributed by atoms with Crippen molar-refractivity contribution in [3.63, 3.8) is 0 Å². The lowest BCUT2D eigenvalue weighted by Gasteiger charge is -2.33. The van der Waals surface area contributed by atoms with Gasteiger partial charge in [0.05, 0.1) is 11.3 Å². The summed E-state index contributed by atoms with van der Waals surface area (Å²) in [5.41, 5.74) is 6.63. The largest absolute Gasteiger partial charge is 0.316 e. The van der Waals surface area contributed by atoms with Gasteiger partial charge < -0.3 is 9.88 Å². The number of aromatic nitrogens is 3. The highest BCUT2D eigenvalue weighted by Gasteiger charge is 2.32. The van der Waals surface area contributed by atoms with Gasteiger partial charge in [-0.15, -0.1) is 32.9 Å². The van der Waals surface area contributed by atoms with Crippen molar-refractivity contribution < 1.29 is 4.79 Å². The van der Waals surface area contributed by atoms with Crippen LogP contribution < -0.4 is 5.32 Å². The van der Waals surface area contributed by atoms with Crippen molar-refractivity contribution in [2.75, 3.05) is 11.1 Å². The van der Waals surface area contributed by atoms with E-state index in [1.807, 2.05) is 0 Å². The first kappa shape index (κ1) is 28.6. The molecule has 0 bridgehead atoms. The number of nitriles is 1. The number of amides is 1. The highest BCUT2D eigenvalue weighted by atomic mass is 32.2. The summed E-state index contributed by atoms with van der Waals surface area (Å²) >= 11 is 4.66. The summed E-state index contributed by atoms with van der Waals surface area (Å²) in [6.07, 6.45) is 2.95. The van der Waals surface area contributed by atoms with E-state index >= 15 is 0 Å². The zero-order valence-electron chi connectivity index (χ0n) is 23.9. The molecule has 1 aromatic carbocycles. The molecule has 1 N–H and O–H groups in total. The van der Waals surface area contributed by atoms with Crippen molar-refractivity contribution >= 4 is 45.3 Å². The minimum Gasteiger partial charge on any atom is -0.316 e. The van der Waals surface area contributed by atoms with Crippen LogP contribution in [0.4, 0.5) is 5.00 Å². The molecule has 3 aromatic heterocycles. The maximum absolute atomic E-state index is 13.0. The molecule has 9 heteroatoms. The lowest BCUT2D eigenvalue weighted by Crippen LogP contribution is -2.26. The number of thiophene rings is 2. The molecule has 0 saturated heterocycles. The second-order valence-corrected chi connectivity index (χ2v) is 14.6. The average Bonchev–Trinajstić information content (AvgIpc) is 3.60. The standard InChI is InChI=1S/C31H35N5OS3/c1-7-36-28(24-16-38-19(3)27(24)20-10-8-18(2)9-11-20)34-35-30(36)39-17-26(37)33-29-23(15-32)22-13-12-21(31(4,5)6)14-25(22)40-29/h8-11,16,21H,7,12-14,17H2,1-6H3,(H,33,37). The number of rotatable bonds is 7. The van der Waals surface area contributed by atoms with E-state index in [4.69, 9.17) is 0 Å². The fraction of sp³-hybridized carbons (Fsp3) is 0.419. The third-order valence-electron chi connectivity index (χ3n) is 7.78. The second kappa shape index (κ2) is 11.5. The number of aryl methyl sites for hydroxylation is 2. The fourth-order valence-corrected chi connectivity index (χ4v) is 8.36. The SMILES string of the molecule is CCn1c(SCC(=O)Nc2sc3c(c2C#N)CCC(C(C)(C)C)C3)nnc1-c1csc(C)c1-c1ccc(C)cc1. The van der Waals surface area contributed by atoms with E-state index in [2.05, 4.69) is 97.3 Å². The summed E-state index contributed by atoms with van der Waals surface area (Å²) in [4.78, 5) is 15.5. The molecule has 0 aliphatic heterocycles. The van der Waals surface area contributed by atoms with Gasteiger partial charge in [-0.1, -0.05) is 62.4 Å². The monoisotopic (exact) mass is 589 g/mol. The van der Waals surface area contributed by atoms with Crippen LogP contribution in [0.3, 0.4) is 0 Å². The highest BCUT2D eigenvalue weighted by Crippen LogP contribution is 2.44. The number of carbonyl (C=O) groups is 1. The first-order chi connectivity index (χ1) is 19.1. The summed E-state index contributed by atoms with van der Waals surface area (Å²) in [7, 11) is 0. The van der Waals surface area contributed by atoms with E-state index in [1.54, 1.807) is 22.7 Å². The number of hydrogen-bond donors (Lipinski definition) is 1. The topological polar surface area (TPSA) is 83.6 Å². The third kappa shape index (κ3) is 5.63. The van der Waals surface area contributed by atoms with Crippen LogP contribution in [-0.4, -0.2) is 26.4 Å². The van der Waals surface area contributed by atoms with Crippen molar-refractivity contribution in [3.8, 4) is 28.6 Å². The predicted octanol–water partition coefficient (Wildman–Crippen LogP) is 8.13. The molecule has 1 atom stereocenters. The summed E-state index contributed by atoms with van der Waals surface area (Å²) in [5.74, 6) is 1.46. The maximum Gasteiger partial charge on any atom is 0.235 e. The minimum absolute atomic E-state index is 0.133. The van der Waals surface area contributed by atoms with Crippen molar-refractivity contribution in [2.45, 2.75) is 72.5 Å². The Morgan fingerprint density at radius 1 is 1.23 bits per heavy atom. The number of hydrogen-bond acceptors (Lipinski definition) is 7. The number of nitrogens with one attached hydrogen (secondary N) is 1. The number of thioether (sulfide) groups is 1. The average molecular weight is 590 g/mol. The van der Waals surface area contributed by atoms with Gasteiger partial charge in [-0.05, 0) is 62.5 Å². The van der Waals surface area contributed by atoms with Gasteiger partial charge in [0.1, 0.15) is 11.1 Å². The molecule has 6 nitrogen and oxygen atoms in total. The van der Waals surface area contributed by atoms with E-state index in [0.29, 0.717) is 28.2 Å². The quantitative estimate of drug-likeness (QED) is 0.220. The van der Waals surface area contributed by atoms with E-state index in [-0.39, 0.29) is 17.1 Å². The summed E-state index contributed by atoms with van der Waals surface area (Å²) in [5, 5.41) is 25.5. The van der Waals surface area contributed by atoms with Gasteiger partial charge in [0.2, 0.25) is 5.91 Å². The smallest absolute Gasteiger partial charge is 0.235 e. The molecule has 0 spiro atoms. The molecule has 208 valence electrons. The van der Waals surface area contributed by atoms with E-state index in [1.165, 1.54) is 38.2 Å². The van der Waals surface area contributed by atoms with Gasteiger partial charge >= 0.3 is 0 Å². The van der Waals surface area contributed by atoms with Crippen LogP contribution in [0.15, 0.2) is 34.8 Å². The Bertz CT molecular complexity index is 1580. The van der Waals surface area contributed by atoms with Crippen LogP contribution in [0, 0.1) is 36.5 Å². The predicted molar refractivity (Wildman–Crippen MR) is 167 cm³/mol. The Morgan fingerprint density at radius 2 is 1.98 bits per heavy atom. The summed E-state index contributed by atoms with van der Waals surface area (Å²) in [6.45, 7) is 13.8. The molecule has 1 aliphatic carbocycles. The second-order valence-electron chi connectivity index (χ2n) is 11.5. The van der Waals surface area contributed by atoms with Crippen LogP contribution in [0.2, 0.25) is 0 Å². The van der Waals surface area contributed by atoms with Crippen LogP contribution in [0.5, 0.6) is 0 Å². The fourth-order valence-electron chi connectivity index (χ4n) is 5.40. The molecular formula is C31H35N5OS3. The van der Waals surface area contributed by atoms with Gasteiger partial charge in [0.15, 0.2) is 11.0 Å². The Balaban J connectivity index is 1.32. The van der Waals surface area contributed by atoms with Gasteiger partial charge in [-0.2, -0.15) is 5.26 Å². The molecule has 5 rings (SSSR count). The van der Waals surface area contributed by atoms with Crippen molar-refractivity contribution in [2.24, 2.45) is 11.3 Å². The van der Waals surface area contributed by atoms with Crippen LogP contribution in [-0.2, 0) is 24.2 Å². The van der Waals surface area contributed by atoms with Gasteiger partial charge in [0.25, 0.3) is 0 Å². The lowest BCUT2D eigenvalue weighted by molar-refractivity contribution is -0.113. The number of anilines is 1. The van der Waals surface area contributed by atoms with Gasteiger partial charge in [0, 0.05) is 32.8 Å². The molecule has 40 heavy (non-hydrogen) atoms. The van der Waals surface area contributed by atoms with Gasteiger partial charge in [-0.3, -0.25) is 4.79 Å².